The largest absolute Gasteiger partial charge is 0.477 e. The number of rotatable bonds is 3. The summed E-state index contributed by atoms with van der Waals surface area (Å²) in [6.07, 6.45) is -1.15. The molecule has 3 rings (SSSR count). The number of nitrogens with zero attached hydrogens (tertiary/aromatic N) is 2. The second kappa shape index (κ2) is 4.72. The second-order valence-electron chi connectivity index (χ2n) is 5.55. The first kappa shape index (κ1) is 14.4. The van der Waals surface area contributed by atoms with E-state index < -0.39 is 36.0 Å². The van der Waals surface area contributed by atoms with Gasteiger partial charge >= 0.3 is 18.0 Å². The van der Waals surface area contributed by atoms with E-state index in [0.29, 0.717) is 5.57 Å². The van der Waals surface area contributed by atoms with E-state index in [1.54, 1.807) is 0 Å². The monoisotopic (exact) mass is 310 g/mol. The molecule has 9 nitrogen and oxygen atoms in total. The van der Waals surface area contributed by atoms with Gasteiger partial charge in [0.05, 0.1) is 19.6 Å². The summed E-state index contributed by atoms with van der Waals surface area (Å²) in [5.41, 5.74) is 0.0970. The number of carbonyl (C=O) groups excluding carboxylic acids is 2. The van der Waals surface area contributed by atoms with Crippen molar-refractivity contribution in [3.63, 3.8) is 0 Å². The predicted octanol–water partition coefficient (Wildman–Crippen LogP) is -0.519. The van der Waals surface area contributed by atoms with Crippen LogP contribution in [0.5, 0.6) is 0 Å². The maximum atomic E-state index is 12.2. The summed E-state index contributed by atoms with van der Waals surface area (Å²) in [5, 5.41) is 18.5. The number of amides is 2. The molecule has 0 aromatic rings. The molecular weight excluding hydrogens is 296 g/mol. The van der Waals surface area contributed by atoms with Crippen LogP contribution in [0.2, 0.25) is 0 Å². The van der Waals surface area contributed by atoms with E-state index in [-0.39, 0.29) is 31.0 Å². The Kier molecular flexibility index (Phi) is 3.08. The van der Waals surface area contributed by atoms with E-state index in [1.807, 2.05) is 0 Å². The fraction of sp³-hybridized carbons (Fsp3) is 0.538. The molecule has 2 N–H and O–H groups in total. The third-order valence-corrected chi connectivity index (χ3v) is 4.48. The SMILES string of the molecule is COC(=O)CC1=C(C(=O)O)N2C(=O)[C@@H]3[C@H]2[C@H](C1)CN3C(=O)O. The summed E-state index contributed by atoms with van der Waals surface area (Å²) in [5.74, 6) is -2.63. The van der Waals surface area contributed by atoms with Crippen LogP contribution in [0, 0.1) is 5.92 Å². The number of carboxylic acids is 1. The number of methoxy groups -OCH3 is 1. The van der Waals surface area contributed by atoms with Crippen LogP contribution in [-0.4, -0.2) is 69.7 Å². The van der Waals surface area contributed by atoms with Crippen molar-refractivity contribution in [2.24, 2.45) is 5.92 Å². The molecule has 0 aromatic heterocycles. The van der Waals surface area contributed by atoms with Gasteiger partial charge in [-0.2, -0.15) is 0 Å². The number of likely N-dealkylation sites (tertiary alicyclic amines) is 1. The highest BCUT2D eigenvalue weighted by molar-refractivity contribution is 6.02. The van der Waals surface area contributed by atoms with Crippen molar-refractivity contribution in [3.8, 4) is 0 Å². The highest BCUT2D eigenvalue weighted by atomic mass is 16.5. The average molecular weight is 310 g/mol. The van der Waals surface area contributed by atoms with Crippen molar-refractivity contribution in [2.45, 2.75) is 24.9 Å². The van der Waals surface area contributed by atoms with E-state index in [9.17, 15) is 24.3 Å². The highest BCUT2D eigenvalue weighted by Crippen LogP contribution is 2.47. The third-order valence-electron chi connectivity index (χ3n) is 4.48. The average Bonchev–Trinajstić information content (AvgIpc) is 2.82. The number of hydrogen-bond acceptors (Lipinski definition) is 5. The molecule has 2 saturated heterocycles. The van der Waals surface area contributed by atoms with Gasteiger partial charge in [0, 0.05) is 12.5 Å². The van der Waals surface area contributed by atoms with Crippen LogP contribution in [-0.2, 0) is 19.1 Å². The zero-order valence-corrected chi connectivity index (χ0v) is 11.7. The lowest BCUT2D eigenvalue weighted by Gasteiger charge is -2.49. The normalized spacial score (nSPS) is 29.1. The number of aliphatic carboxylic acids is 1. The van der Waals surface area contributed by atoms with E-state index in [4.69, 9.17) is 5.11 Å². The summed E-state index contributed by atoms with van der Waals surface area (Å²) in [7, 11) is 1.20. The number of β-lactam (4-membered cyclic amide) rings is 1. The van der Waals surface area contributed by atoms with E-state index in [0.717, 1.165) is 9.80 Å². The van der Waals surface area contributed by atoms with Crippen LogP contribution < -0.4 is 0 Å². The Morgan fingerprint density at radius 1 is 1.32 bits per heavy atom. The Morgan fingerprint density at radius 2 is 2.00 bits per heavy atom. The third kappa shape index (κ3) is 1.78. The molecule has 3 aliphatic heterocycles. The summed E-state index contributed by atoms with van der Waals surface area (Å²) in [6.45, 7) is 0.157. The molecule has 3 heterocycles. The predicted molar refractivity (Wildman–Crippen MR) is 68.6 cm³/mol. The minimum atomic E-state index is -1.29. The van der Waals surface area contributed by atoms with Gasteiger partial charge in [-0.05, 0) is 12.0 Å². The van der Waals surface area contributed by atoms with E-state index >= 15 is 0 Å². The molecule has 0 aliphatic carbocycles. The molecule has 0 aromatic carbocycles. The number of ether oxygens (including phenoxy) is 1. The van der Waals surface area contributed by atoms with Crippen LogP contribution in [0.4, 0.5) is 4.79 Å². The van der Waals surface area contributed by atoms with Crippen molar-refractivity contribution in [1.29, 1.82) is 0 Å². The molecule has 0 bridgehead atoms. The van der Waals surface area contributed by atoms with Gasteiger partial charge in [-0.3, -0.25) is 19.4 Å². The van der Waals surface area contributed by atoms with Crippen LogP contribution in [0.15, 0.2) is 11.3 Å². The molecule has 118 valence electrons. The van der Waals surface area contributed by atoms with Gasteiger partial charge in [-0.25, -0.2) is 9.59 Å². The van der Waals surface area contributed by atoms with Gasteiger partial charge in [-0.15, -0.1) is 0 Å². The van der Waals surface area contributed by atoms with Crippen molar-refractivity contribution in [1.82, 2.24) is 9.80 Å². The van der Waals surface area contributed by atoms with Crippen molar-refractivity contribution in [3.05, 3.63) is 11.3 Å². The Balaban J connectivity index is 1.97. The zero-order valence-electron chi connectivity index (χ0n) is 11.7. The number of hydrogen-bond donors (Lipinski definition) is 2. The van der Waals surface area contributed by atoms with Crippen molar-refractivity contribution >= 4 is 23.9 Å². The van der Waals surface area contributed by atoms with Crippen LogP contribution >= 0.6 is 0 Å². The zero-order chi connectivity index (χ0) is 16.2. The Bertz CT molecular complexity index is 626. The number of esters is 1. The number of carboxylic acid groups (broad SMARTS) is 2. The number of carbonyl (C=O) groups is 4. The van der Waals surface area contributed by atoms with E-state index in [1.165, 1.54) is 7.11 Å². The Morgan fingerprint density at radius 3 is 2.55 bits per heavy atom. The maximum Gasteiger partial charge on any atom is 0.408 e. The van der Waals surface area contributed by atoms with Crippen LogP contribution in [0.3, 0.4) is 0 Å². The van der Waals surface area contributed by atoms with Crippen LogP contribution in [0.25, 0.3) is 0 Å². The first-order chi connectivity index (χ1) is 10.4. The Labute approximate surface area is 124 Å². The van der Waals surface area contributed by atoms with Gasteiger partial charge in [0.15, 0.2) is 0 Å². The summed E-state index contributed by atoms with van der Waals surface area (Å²) in [6, 6.07) is -1.26. The summed E-state index contributed by atoms with van der Waals surface area (Å²) in [4.78, 5) is 48.5. The molecule has 0 spiro atoms. The molecule has 2 fully saturated rings. The van der Waals surface area contributed by atoms with E-state index in [2.05, 4.69) is 4.74 Å². The first-order valence-corrected chi connectivity index (χ1v) is 6.71. The molecule has 0 radical (unpaired) electrons. The molecule has 0 unspecified atom stereocenters. The fourth-order valence-corrected chi connectivity index (χ4v) is 3.64. The summed E-state index contributed by atoms with van der Waals surface area (Å²) >= 11 is 0. The molecule has 3 atom stereocenters. The molecule has 3 aliphatic rings. The minimum absolute atomic E-state index is 0.157. The van der Waals surface area contributed by atoms with Crippen molar-refractivity contribution in [2.75, 3.05) is 13.7 Å². The van der Waals surface area contributed by atoms with Crippen LogP contribution in [0.1, 0.15) is 12.8 Å². The summed E-state index contributed by atoms with van der Waals surface area (Å²) < 4.78 is 4.55. The maximum absolute atomic E-state index is 12.2. The Hall–Kier alpha value is -2.58. The minimum Gasteiger partial charge on any atom is -0.477 e. The van der Waals surface area contributed by atoms with Gasteiger partial charge in [-0.1, -0.05) is 0 Å². The van der Waals surface area contributed by atoms with Gasteiger partial charge < -0.3 is 14.9 Å². The quantitative estimate of drug-likeness (QED) is 0.531. The van der Waals surface area contributed by atoms with Gasteiger partial charge in [0.25, 0.3) is 5.91 Å². The lowest BCUT2D eigenvalue weighted by atomic mass is 9.78. The molecule has 9 heteroatoms. The molecule has 2 amide bonds. The standard InChI is InChI=1S/C13H14N2O7/c1-22-7(16)3-5-2-6-4-14(13(20)21)10-8(6)15(11(10)17)9(5)12(18)19/h6,8,10H,2-4H2,1H3,(H,18,19)(H,20,21)/t6-,8-,10+/m1/s1. The highest BCUT2D eigenvalue weighted by Gasteiger charge is 2.64. The molecule has 22 heavy (non-hydrogen) atoms. The molecular formula is C13H14N2O7. The topological polar surface area (TPSA) is 124 Å². The fourth-order valence-electron chi connectivity index (χ4n) is 3.64. The molecule has 0 saturated carbocycles. The van der Waals surface area contributed by atoms with Gasteiger partial charge in [0.1, 0.15) is 11.7 Å². The smallest absolute Gasteiger partial charge is 0.408 e. The van der Waals surface area contributed by atoms with Crippen molar-refractivity contribution < 1.29 is 34.1 Å². The lowest BCUT2D eigenvalue weighted by molar-refractivity contribution is -0.156. The van der Waals surface area contributed by atoms with Gasteiger partial charge in [0.2, 0.25) is 0 Å². The first-order valence-electron chi connectivity index (χ1n) is 6.71. The lowest BCUT2D eigenvalue weighted by Crippen LogP contribution is -2.69. The second-order valence-corrected chi connectivity index (χ2v) is 5.55.